The van der Waals surface area contributed by atoms with Gasteiger partial charge in [-0.1, -0.05) is 13.8 Å². The molecule has 5 heteroatoms. The molecule has 2 aromatic rings. The first-order chi connectivity index (χ1) is 10.8. The molecule has 0 saturated heterocycles. The standard InChI is InChI=1S/C18H26N4O/c1-12(2)8-18(5,19)10-23-17-9-20-15(6-13(17)3)16-7-14(4)21-11-22-16/h6-7,9,11-12H,8,10,19H2,1-5H3/t18-/m0/s1. The van der Waals surface area contributed by atoms with E-state index in [9.17, 15) is 0 Å². The molecule has 0 bridgehead atoms. The molecule has 0 radical (unpaired) electrons. The number of hydrogen-bond acceptors (Lipinski definition) is 5. The zero-order chi connectivity index (χ0) is 17.0. The predicted molar refractivity (Wildman–Crippen MR) is 92.3 cm³/mol. The first-order valence-corrected chi connectivity index (χ1v) is 7.94. The second-order valence-corrected chi connectivity index (χ2v) is 6.92. The lowest BCUT2D eigenvalue weighted by atomic mass is 9.93. The van der Waals surface area contributed by atoms with Gasteiger partial charge in [0, 0.05) is 11.2 Å². The van der Waals surface area contributed by atoms with Gasteiger partial charge in [-0.15, -0.1) is 0 Å². The third-order valence-corrected chi connectivity index (χ3v) is 3.56. The quantitative estimate of drug-likeness (QED) is 0.885. The highest BCUT2D eigenvalue weighted by atomic mass is 16.5. The molecule has 0 saturated carbocycles. The van der Waals surface area contributed by atoms with E-state index >= 15 is 0 Å². The van der Waals surface area contributed by atoms with Crippen molar-refractivity contribution < 1.29 is 4.74 Å². The molecule has 2 aromatic heterocycles. The van der Waals surface area contributed by atoms with Crippen molar-refractivity contribution in [3.63, 3.8) is 0 Å². The molecule has 0 aliphatic heterocycles. The number of nitrogens with zero attached hydrogens (tertiary/aromatic N) is 3. The Morgan fingerprint density at radius 3 is 2.43 bits per heavy atom. The summed E-state index contributed by atoms with van der Waals surface area (Å²) in [6.07, 6.45) is 4.21. The topological polar surface area (TPSA) is 73.9 Å². The zero-order valence-electron chi connectivity index (χ0n) is 14.6. The van der Waals surface area contributed by atoms with E-state index < -0.39 is 0 Å². The van der Waals surface area contributed by atoms with Crippen molar-refractivity contribution in [2.24, 2.45) is 11.7 Å². The van der Waals surface area contributed by atoms with Gasteiger partial charge in [-0.25, -0.2) is 9.97 Å². The van der Waals surface area contributed by atoms with E-state index in [2.05, 4.69) is 28.8 Å². The van der Waals surface area contributed by atoms with Crippen LogP contribution >= 0.6 is 0 Å². The van der Waals surface area contributed by atoms with Gasteiger partial charge in [0.05, 0.1) is 17.6 Å². The van der Waals surface area contributed by atoms with Crippen LogP contribution in [0.1, 0.15) is 38.4 Å². The van der Waals surface area contributed by atoms with Crippen molar-refractivity contribution in [2.45, 2.75) is 46.6 Å². The number of rotatable bonds is 6. The fourth-order valence-corrected chi connectivity index (χ4v) is 2.66. The first kappa shape index (κ1) is 17.3. The van der Waals surface area contributed by atoms with Crippen LogP contribution in [0.25, 0.3) is 11.4 Å². The molecule has 0 unspecified atom stereocenters. The molecule has 124 valence electrons. The second kappa shape index (κ2) is 7.04. The van der Waals surface area contributed by atoms with Crippen LogP contribution in [0.5, 0.6) is 5.75 Å². The fourth-order valence-electron chi connectivity index (χ4n) is 2.66. The normalized spacial score (nSPS) is 13.9. The summed E-state index contributed by atoms with van der Waals surface area (Å²) in [7, 11) is 0. The van der Waals surface area contributed by atoms with E-state index in [1.165, 1.54) is 0 Å². The number of pyridine rings is 1. The van der Waals surface area contributed by atoms with Crippen LogP contribution < -0.4 is 10.5 Å². The molecule has 2 rings (SSSR count). The van der Waals surface area contributed by atoms with Crippen LogP contribution in [0.15, 0.2) is 24.7 Å². The van der Waals surface area contributed by atoms with Gasteiger partial charge < -0.3 is 10.5 Å². The van der Waals surface area contributed by atoms with E-state index in [1.807, 2.05) is 32.9 Å². The van der Waals surface area contributed by atoms with Crippen LogP contribution in [-0.4, -0.2) is 27.1 Å². The predicted octanol–water partition coefficient (Wildman–Crippen LogP) is 3.30. The Bertz CT molecular complexity index is 668. The SMILES string of the molecule is Cc1cc(-c2cc(C)c(OC[C@@](C)(N)CC(C)C)cn2)ncn1. The van der Waals surface area contributed by atoms with Gasteiger partial charge in [-0.05, 0) is 50.8 Å². The van der Waals surface area contributed by atoms with E-state index in [0.717, 1.165) is 34.8 Å². The number of hydrogen-bond donors (Lipinski definition) is 1. The molecular formula is C18H26N4O. The molecule has 0 aliphatic carbocycles. The number of nitrogens with two attached hydrogens (primary N) is 1. The van der Waals surface area contributed by atoms with Crippen LogP contribution in [0.3, 0.4) is 0 Å². The van der Waals surface area contributed by atoms with Crippen molar-refractivity contribution in [3.8, 4) is 17.1 Å². The third-order valence-electron chi connectivity index (χ3n) is 3.56. The summed E-state index contributed by atoms with van der Waals surface area (Å²) in [4.78, 5) is 12.8. The smallest absolute Gasteiger partial charge is 0.140 e. The Hall–Kier alpha value is -2.01. The van der Waals surface area contributed by atoms with Crippen molar-refractivity contribution in [2.75, 3.05) is 6.61 Å². The number of ether oxygens (including phenoxy) is 1. The summed E-state index contributed by atoms with van der Waals surface area (Å²) in [5, 5.41) is 0. The van der Waals surface area contributed by atoms with E-state index in [-0.39, 0.29) is 5.54 Å². The van der Waals surface area contributed by atoms with Crippen molar-refractivity contribution in [1.82, 2.24) is 15.0 Å². The fraction of sp³-hybridized carbons (Fsp3) is 0.500. The summed E-state index contributed by atoms with van der Waals surface area (Å²) in [6, 6.07) is 3.90. The molecular weight excluding hydrogens is 288 g/mol. The monoisotopic (exact) mass is 314 g/mol. The second-order valence-electron chi connectivity index (χ2n) is 6.92. The highest BCUT2D eigenvalue weighted by Crippen LogP contribution is 2.24. The van der Waals surface area contributed by atoms with Crippen LogP contribution in [0, 0.1) is 19.8 Å². The molecule has 0 spiro atoms. The molecule has 5 nitrogen and oxygen atoms in total. The van der Waals surface area contributed by atoms with Crippen LogP contribution in [0.2, 0.25) is 0 Å². The van der Waals surface area contributed by atoms with Gasteiger partial charge in [0.25, 0.3) is 0 Å². The van der Waals surface area contributed by atoms with Gasteiger partial charge in [-0.3, -0.25) is 4.98 Å². The van der Waals surface area contributed by atoms with Gasteiger partial charge in [0.1, 0.15) is 18.7 Å². The number of aryl methyl sites for hydroxylation is 2. The van der Waals surface area contributed by atoms with Gasteiger partial charge in [-0.2, -0.15) is 0 Å². The minimum absolute atomic E-state index is 0.344. The number of aromatic nitrogens is 3. The Labute approximate surface area is 138 Å². The van der Waals surface area contributed by atoms with Gasteiger partial charge in [0.15, 0.2) is 0 Å². The van der Waals surface area contributed by atoms with Crippen LogP contribution in [-0.2, 0) is 0 Å². The van der Waals surface area contributed by atoms with Crippen molar-refractivity contribution in [1.29, 1.82) is 0 Å². The Balaban J connectivity index is 2.11. The molecule has 0 aromatic carbocycles. The maximum absolute atomic E-state index is 6.29. The first-order valence-electron chi connectivity index (χ1n) is 7.94. The average molecular weight is 314 g/mol. The van der Waals surface area contributed by atoms with Crippen molar-refractivity contribution in [3.05, 3.63) is 35.9 Å². The molecule has 2 heterocycles. The minimum atomic E-state index is -0.344. The summed E-state index contributed by atoms with van der Waals surface area (Å²) in [5.74, 6) is 1.30. The third kappa shape index (κ3) is 4.99. The lowest BCUT2D eigenvalue weighted by Gasteiger charge is -2.27. The summed E-state index contributed by atoms with van der Waals surface area (Å²) in [5.41, 5.74) is 9.52. The molecule has 0 amide bonds. The maximum Gasteiger partial charge on any atom is 0.140 e. The average Bonchev–Trinajstić information content (AvgIpc) is 2.44. The molecule has 0 aliphatic rings. The highest BCUT2D eigenvalue weighted by Gasteiger charge is 2.21. The highest BCUT2D eigenvalue weighted by molar-refractivity contribution is 5.56. The summed E-state index contributed by atoms with van der Waals surface area (Å²) < 4.78 is 5.90. The van der Waals surface area contributed by atoms with E-state index in [1.54, 1.807) is 12.5 Å². The molecule has 2 N–H and O–H groups in total. The molecule has 0 fully saturated rings. The van der Waals surface area contributed by atoms with E-state index in [0.29, 0.717) is 12.5 Å². The van der Waals surface area contributed by atoms with Gasteiger partial charge in [0.2, 0.25) is 0 Å². The molecule has 1 atom stereocenters. The molecule has 23 heavy (non-hydrogen) atoms. The Kier molecular flexibility index (Phi) is 5.31. The Morgan fingerprint density at radius 1 is 1.13 bits per heavy atom. The zero-order valence-corrected chi connectivity index (χ0v) is 14.6. The Morgan fingerprint density at radius 2 is 1.83 bits per heavy atom. The van der Waals surface area contributed by atoms with Crippen molar-refractivity contribution >= 4 is 0 Å². The summed E-state index contributed by atoms with van der Waals surface area (Å²) >= 11 is 0. The van der Waals surface area contributed by atoms with Crippen LogP contribution in [0.4, 0.5) is 0 Å². The maximum atomic E-state index is 6.29. The summed E-state index contributed by atoms with van der Waals surface area (Å²) in [6.45, 7) is 10.8. The van der Waals surface area contributed by atoms with Gasteiger partial charge >= 0.3 is 0 Å². The minimum Gasteiger partial charge on any atom is -0.490 e. The largest absolute Gasteiger partial charge is 0.490 e. The lowest BCUT2D eigenvalue weighted by Crippen LogP contribution is -2.43. The van der Waals surface area contributed by atoms with E-state index in [4.69, 9.17) is 10.5 Å². The lowest BCUT2D eigenvalue weighted by molar-refractivity contribution is 0.205.